The number of rotatable bonds is 5. The summed E-state index contributed by atoms with van der Waals surface area (Å²) in [5.41, 5.74) is 2.09. The van der Waals surface area contributed by atoms with E-state index in [2.05, 4.69) is 36.5 Å². The topological polar surface area (TPSA) is 38.1 Å². The van der Waals surface area contributed by atoms with Crippen LogP contribution in [0.25, 0.3) is 10.9 Å². The first kappa shape index (κ1) is 12.9. The lowest BCUT2D eigenvalue weighted by Crippen LogP contribution is -2.23. The molecular weight excluding hydrogens is 248 g/mol. The van der Waals surface area contributed by atoms with Crippen LogP contribution in [-0.4, -0.2) is 11.5 Å². The van der Waals surface area contributed by atoms with Crippen molar-refractivity contribution < 1.29 is 4.42 Å². The lowest BCUT2D eigenvalue weighted by Gasteiger charge is -2.16. The number of benzene rings is 1. The van der Waals surface area contributed by atoms with E-state index in [4.69, 9.17) is 9.40 Å². The minimum absolute atomic E-state index is 0.177. The van der Waals surface area contributed by atoms with Gasteiger partial charge in [-0.15, -0.1) is 0 Å². The molecule has 0 bridgehead atoms. The molecule has 1 atom stereocenters. The van der Waals surface area contributed by atoms with Crippen LogP contribution >= 0.6 is 0 Å². The molecule has 2 aromatic heterocycles. The van der Waals surface area contributed by atoms with Crippen molar-refractivity contribution in [3.8, 4) is 0 Å². The van der Waals surface area contributed by atoms with Crippen molar-refractivity contribution in [2.24, 2.45) is 0 Å². The quantitative estimate of drug-likeness (QED) is 0.764. The molecule has 0 radical (unpaired) electrons. The van der Waals surface area contributed by atoms with Gasteiger partial charge in [-0.1, -0.05) is 31.2 Å². The average molecular weight is 266 g/mol. The maximum Gasteiger partial charge on any atom is 0.105 e. The summed E-state index contributed by atoms with van der Waals surface area (Å²) in [6.07, 6.45) is 2.53. The zero-order chi connectivity index (χ0) is 13.8. The van der Waals surface area contributed by atoms with E-state index in [0.717, 1.165) is 29.9 Å². The molecule has 0 fully saturated rings. The highest BCUT2D eigenvalue weighted by atomic mass is 16.3. The fourth-order valence-corrected chi connectivity index (χ4v) is 2.43. The number of nitrogens with zero attached hydrogens (tertiary/aromatic N) is 1. The summed E-state index contributed by atoms with van der Waals surface area (Å²) in [7, 11) is 0. The Hall–Kier alpha value is -2.13. The van der Waals surface area contributed by atoms with Crippen molar-refractivity contribution in [1.29, 1.82) is 0 Å². The predicted octanol–water partition coefficient (Wildman–Crippen LogP) is 3.72. The summed E-state index contributed by atoms with van der Waals surface area (Å²) in [5, 5.41) is 4.65. The van der Waals surface area contributed by atoms with E-state index >= 15 is 0 Å². The normalized spacial score (nSPS) is 12.7. The maximum absolute atomic E-state index is 5.45. The van der Waals surface area contributed by atoms with E-state index in [0.29, 0.717) is 0 Å². The zero-order valence-electron chi connectivity index (χ0n) is 11.5. The Kier molecular flexibility index (Phi) is 3.79. The van der Waals surface area contributed by atoms with Gasteiger partial charge < -0.3 is 9.73 Å². The first-order valence-corrected chi connectivity index (χ1v) is 6.98. The van der Waals surface area contributed by atoms with Crippen molar-refractivity contribution in [3.05, 3.63) is 66.2 Å². The van der Waals surface area contributed by atoms with Crippen LogP contribution < -0.4 is 5.32 Å². The van der Waals surface area contributed by atoms with E-state index in [1.165, 1.54) is 5.39 Å². The third kappa shape index (κ3) is 2.73. The number of hydrogen-bond acceptors (Lipinski definition) is 3. The summed E-state index contributed by atoms with van der Waals surface area (Å²) in [6.45, 7) is 3.01. The lowest BCUT2D eigenvalue weighted by molar-refractivity contribution is 0.450. The molecule has 0 amide bonds. The van der Waals surface area contributed by atoms with Gasteiger partial charge >= 0.3 is 0 Å². The van der Waals surface area contributed by atoms with Gasteiger partial charge in [0.1, 0.15) is 5.76 Å². The minimum Gasteiger partial charge on any atom is -0.469 e. The highest BCUT2D eigenvalue weighted by Crippen LogP contribution is 2.20. The molecule has 0 aliphatic heterocycles. The second-order valence-corrected chi connectivity index (χ2v) is 4.82. The molecule has 0 aliphatic carbocycles. The highest BCUT2D eigenvalue weighted by Gasteiger charge is 2.14. The Bertz CT molecular complexity index is 676. The van der Waals surface area contributed by atoms with Crippen molar-refractivity contribution in [2.45, 2.75) is 19.4 Å². The predicted molar refractivity (Wildman–Crippen MR) is 80.6 cm³/mol. The molecule has 102 valence electrons. The smallest absolute Gasteiger partial charge is 0.105 e. The number of furan rings is 1. The van der Waals surface area contributed by atoms with E-state index in [9.17, 15) is 0 Å². The van der Waals surface area contributed by atoms with Crippen molar-refractivity contribution in [3.63, 3.8) is 0 Å². The molecule has 3 heteroatoms. The van der Waals surface area contributed by atoms with Gasteiger partial charge in [-0.25, -0.2) is 0 Å². The van der Waals surface area contributed by atoms with Crippen LogP contribution in [0.3, 0.4) is 0 Å². The Balaban J connectivity index is 1.91. The van der Waals surface area contributed by atoms with E-state index in [-0.39, 0.29) is 6.04 Å². The third-order valence-corrected chi connectivity index (χ3v) is 3.41. The fraction of sp³-hybridized carbons (Fsp3) is 0.235. The summed E-state index contributed by atoms with van der Waals surface area (Å²) < 4.78 is 5.45. The molecule has 3 nitrogen and oxygen atoms in total. The second-order valence-electron chi connectivity index (χ2n) is 4.82. The molecule has 2 heterocycles. The van der Waals surface area contributed by atoms with E-state index in [1.807, 2.05) is 24.3 Å². The monoisotopic (exact) mass is 266 g/mol. The van der Waals surface area contributed by atoms with Crippen LogP contribution in [0.5, 0.6) is 0 Å². The Morgan fingerprint density at radius 2 is 2.00 bits per heavy atom. The molecule has 20 heavy (non-hydrogen) atoms. The Labute approximate surface area is 118 Å². The van der Waals surface area contributed by atoms with Gasteiger partial charge in [0, 0.05) is 11.8 Å². The third-order valence-electron chi connectivity index (χ3n) is 3.41. The number of para-hydroxylation sites is 1. The van der Waals surface area contributed by atoms with Crippen LogP contribution in [0.1, 0.15) is 24.4 Å². The van der Waals surface area contributed by atoms with Gasteiger partial charge in [-0.2, -0.15) is 0 Å². The van der Waals surface area contributed by atoms with Gasteiger partial charge in [0.15, 0.2) is 0 Å². The fourth-order valence-electron chi connectivity index (χ4n) is 2.43. The Morgan fingerprint density at radius 3 is 2.80 bits per heavy atom. The van der Waals surface area contributed by atoms with Crippen molar-refractivity contribution in [1.82, 2.24) is 10.3 Å². The van der Waals surface area contributed by atoms with Crippen LogP contribution in [-0.2, 0) is 6.42 Å². The number of hydrogen-bond donors (Lipinski definition) is 1. The molecule has 0 saturated heterocycles. The maximum atomic E-state index is 5.45. The van der Waals surface area contributed by atoms with Crippen LogP contribution in [0.2, 0.25) is 0 Å². The molecule has 3 aromatic rings. The minimum atomic E-state index is 0.177. The van der Waals surface area contributed by atoms with Crippen LogP contribution in [0.15, 0.2) is 59.2 Å². The van der Waals surface area contributed by atoms with Crippen molar-refractivity contribution >= 4 is 10.9 Å². The van der Waals surface area contributed by atoms with Gasteiger partial charge in [-0.05, 0) is 30.8 Å². The molecule has 1 N–H and O–H groups in total. The summed E-state index contributed by atoms with van der Waals surface area (Å²) in [4.78, 5) is 4.77. The highest BCUT2D eigenvalue weighted by molar-refractivity contribution is 5.78. The van der Waals surface area contributed by atoms with Gasteiger partial charge in [0.05, 0.1) is 23.5 Å². The molecule has 1 unspecified atom stereocenters. The molecule has 3 rings (SSSR count). The Morgan fingerprint density at radius 1 is 1.10 bits per heavy atom. The largest absolute Gasteiger partial charge is 0.469 e. The van der Waals surface area contributed by atoms with Gasteiger partial charge in [0.2, 0.25) is 0 Å². The summed E-state index contributed by atoms with van der Waals surface area (Å²) in [5.74, 6) is 0.978. The number of fused-ring (bicyclic) bond motifs is 1. The summed E-state index contributed by atoms with van der Waals surface area (Å²) >= 11 is 0. The molecule has 1 aromatic carbocycles. The number of pyridine rings is 1. The number of aromatic nitrogens is 1. The SMILES string of the molecule is CCNC(Cc1ccco1)c1ccc2ccccc2n1. The average Bonchev–Trinajstić information content (AvgIpc) is 2.99. The lowest BCUT2D eigenvalue weighted by atomic mass is 10.1. The first-order chi connectivity index (χ1) is 9.86. The summed E-state index contributed by atoms with van der Waals surface area (Å²) in [6, 6.07) is 16.5. The van der Waals surface area contributed by atoms with Gasteiger partial charge in [0.25, 0.3) is 0 Å². The zero-order valence-corrected chi connectivity index (χ0v) is 11.5. The second kappa shape index (κ2) is 5.88. The number of likely N-dealkylation sites (N-methyl/N-ethyl adjacent to an activating group) is 1. The first-order valence-electron chi connectivity index (χ1n) is 6.98. The molecule has 0 saturated carbocycles. The van der Waals surface area contributed by atoms with E-state index < -0.39 is 0 Å². The molecule has 0 spiro atoms. The molecule has 0 aliphatic rings. The standard InChI is InChI=1S/C17H18N2O/c1-2-18-17(12-14-7-5-11-20-14)16-10-9-13-6-3-4-8-15(13)19-16/h3-11,17-18H,2,12H2,1H3. The van der Waals surface area contributed by atoms with Gasteiger partial charge in [-0.3, -0.25) is 4.98 Å². The van der Waals surface area contributed by atoms with Crippen molar-refractivity contribution in [2.75, 3.05) is 6.54 Å². The van der Waals surface area contributed by atoms with E-state index in [1.54, 1.807) is 6.26 Å². The number of nitrogens with one attached hydrogen (secondary N) is 1. The van der Waals surface area contributed by atoms with Crippen LogP contribution in [0, 0.1) is 0 Å². The van der Waals surface area contributed by atoms with Crippen LogP contribution in [0.4, 0.5) is 0 Å². The molecular formula is C17H18N2O.